The van der Waals surface area contributed by atoms with E-state index in [1.54, 1.807) is 0 Å². The number of aromatic nitrogens is 2. The molecule has 5 heteroatoms. The summed E-state index contributed by atoms with van der Waals surface area (Å²) in [6.07, 6.45) is 4.49. The molecule has 0 aliphatic heterocycles. The zero-order valence-corrected chi connectivity index (χ0v) is 45.8. The fraction of sp³-hybridized carbons (Fsp3) is 0.0526. The topological polar surface area (TPSA) is 47.0 Å². The average molecular weight is 1110 g/mol. The second-order valence-corrected chi connectivity index (χ2v) is 22.4. The van der Waals surface area contributed by atoms with Gasteiger partial charge in [-0.3, -0.25) is 0 Å². The number of hydrogen-bond acceptors (Lipinski definition) is 2. The van der Waals surface area contributed by atoms with E-state index >= 15 is 0 Å². The number of halogens is 1. The average Bonchev–Trinajstić information content (AvgIpc) is 3.33. The van der Waals surface area contributed by atoms with Gasteiger partial charge in [0, 0.05) is 65.7 Å². The lowest BCUT2D eigenvalue weighted by atomic mass is 9.83. The molecule has 386 valence electrons. The Kier molecular flexibility index (Phi) is 11.3. The van der Waals surface area contributed by atoms with E-state index in [-0.39, 0.29) is 1.43 Å². The smallest absolute Gasteiger partial charge is 0.135 e. The van der Waals surface area contributed by atoms with Gasteiger partial charge in [0.15, 0.2) is 0 Å². The van der Waals surface area contributed by atoms with E-state index in [9.17, 15) is 0 Å². The molecule has 4 nitrogen and oxygen atoms in total. The fourth-order valence-corrected chi connectivity index (χ4v) is 13.4. The molecule has 2 aliphatic carbocycles. The molecule has 0 atom stereocenters. The van der Waals surface area contributed by atoms with E-state index in [0.717, 1.165) is 63.3 Å². The molecule has 81 heavy (non-hydrogen) atoms. The summed E-state index contributed by atoms with van der Waals surface area (Å²) in [5.74, 6) is 0. The Balaban J connectivity index is 0.000000115. The molecule has 0 fully saturated rings. The number of rotatable bonds is 3. The monoisotopic (exact) mass is 1110 g/mol. The van der Waals surface area contributed by atoms with Gasteiger partial charge in [-0.15, -0.1) is 0 Å². The lowest BCUT2D eigenvalue weighted by Crippen LogP contribution is -2.04. The minimum absolute atomic E-state index is 0. The van der Waals surface area contributed by atoms with E-state index in [4.69, 9.17) is 8.83 Å². The van der Waals surface area contributed by atoms with Gasteiger partial charge in [0.25, 0.3) is 0 Å². The number of nitrogens with zero attached hydrogens (tertiary/aromatic N) is 1. The standard InChI is InChI=1S/C38H25NO.C20H15N.C18H11BrO.H2/c1-2-8-29-25(7-1)13-14-26-17-21-34-38(37(26)29)31-10-3-5-11-33(31)39(34)28-19-15-24(16-20-28)27-18-22-36-32(23-27)30-9-4-6-12-35(30)40-36;1-2-6-15-13(5-1)9-10-14-11-12-18-20(19(14)15)16-7-3-4-8-17(16)21-18;19-14-8-5-12(6-9-14)13-7-10-18-16(11-13)15-3-1-2-4-17(15)20-18;/h1-12,15-23H,13-14H2;1-8,11-12,21H,9-10H2;1-11H;1H/i;;;1+1. The van der Waals surface area contributed by atoms with E-state index in [2.05, 4.69) is 244 Å². The Labute approximate surface area is 477 Å². The van der Waals surface area contributed by atoms with Gasteiger partial charge >= 0.3 is 0 Å². The van der Waals surface area contributed by atoms with Crippen LogP contribution in [0.3, 0.4) is 0 Å². The zero-order valence-electron chi connectivity index (χ0n) is 44.2. The second kappa shape index (κ2) is 19.3. The maximum absolute atomic E-state index is 6.05. The van der Waals surface area contributed by atoms with Gasteiger partial charge in [-0.25, -0.2) is 0 Å². The Morgan fingerprint density at radius 2 is 0.802 bits per heavy atom. The molecule has 2 aliphatic rings. The van der Waals surface area contributed by atoms with Crippen molar-refractivity contribution in [2.75, 3.05) is 0 Å². The first-order chi connectivity index (χ1) is 40.1. The number of aromatic amines is 1. The summed E-state index contributed by atoms with van der Waals surface area (Å²) in [4.78, 5) is 3.56. The van der Waals surface area contributed by atoms with Crippen LogP contribution >= 0.6 is 15.9 Å². The maximum Gasteiger partial charge on any atom is 0.135 e. The third-order valence-electron chi connectivity index (χ3n) is 17.0. The summed E-state index contributed by atoms with van der Waals surface area (Å²) in [5.41, 5.74) is 26.2. The molecule has 0 spiro atoms. The maximum atomic E-state index is 6.05. The van der Waals surface area contributed by atoms with Crippen LogP contribution in [0.15, 0.2) is 268 Å². The molecule has 12 aromatic carbocycles. The van der Waals surface area contributed by atoms with Gasteiger partial charge < -0.3 is 18.4 Å². The van der Waals surface area contributed by atoms with Gasteiger partial charge in [0.1, 0.15) is 22.3 Å². The number of hydrogen-bond donors (Lipinski definition) is 1. The highest BCUT2D eigenvalue weighted by Gasteiger charge is 2.24. The summed E-state index contributed by atoms with van der Waals surface area (Å²) >= 11 is 3.47. The molecule has 0 bridgehead atoms. The molecule has 16 aromatic rings. The largest absolute Gasteiger partial charge is 0.456 e. The normalized spacial score (nSPS) is 12.6. The minimum Gasteiger partial charge on any atom is -0.456 e. The van der Waals surface area contributed by atoms with Gasteiger partial charge in [-0.1, -0.05) is 186 Å². The van der Waals surface area contributed by atoms with Crippen LogP contribution in [-0.2, 0) is 25.7 Å². The van der Waals surface area contributed by atoms with E-state index in [1.807, 2.05) is 36.4 Å². The molecule has 0 saturated heterocycles. The van der Waals surface area contributed by atoms with Crippen LogP contribution in [-0.4, -0.2) is 9.55 Å². The van der Waals surface area contributed by atoms with Gasteiger partial charge in [0.05, 0.1) is 11.0 Å². The summed E-state index contributed by atoms with van der Waals surface area (Å²) in [5, 5.41) is 10.0. The van der Waals surface area contributed by atoms with Crippen molar-refractivity contribution in [2.24, 2.45) is 0 Å². The van der Waals surface area contributed by atoms with E-state index in [0.29, 0.717) is 0 Å². The Morgan fingerprint density at radius 3 is 1.43 bits per heavy atom. The third kappa shape index (κ3) is 8.02. The van der Waals surface area contributed by atoms with Crippen molar-refractivity contribution in [3.8, 4) is 50.2 Å². The summed E-state index contributed by atoms with van der Waals surface area (Å²) in [6.45, 7) is 0. The fourth-order valence-electron chi connectivity index (χ4n) is 13.2. The number of benzene rings is 12. The summed E-state index contributed by atoms with van der Waals surface area (Å²) in [6, 6.07) is 91.1. The Bertz CT molecular complexity index is 5140. The zero-order chi connectivity index (χ0) is 53.5. The first kappa shape index (κ1) is 47.3. The molecule has 0 amide bonds. The first-order valence-corrected chi connectivity index (χ1v) is 28.8. The SMILES string of the molecule is Brc1ccc(-c2ccc3oc4ccccc4c3c2)cc1.[2HH].c1ccc2c(c1)CCc1ccc3[nH]c4ccccc4c3c1-2.c1ccc2c(c1)CCc1ccc3c(c1-2)c1ccccc1n3-c1ccc(-c2ccc3oc4ccccc4c3c2)cc1. The van der Waals surface area contributed by atoms with E-state index < -0.39 is 0 Å². The minimum atomic E-state index is 0. The molecule has 1 N–H and O–H groups in total. The van der Waals surface area contributed by atoms with Crippen molar-refractivity contribution in [1.29, 1.82) is 0 Å². The summed E-state index contributed by atoms with van der Waals surface area (Å²) < 4.78 is 15.4. The molecule has 4 aromatic heterocycles. The molecule has 0 radical (unpaired) electrons. The number of furan rings is 2. The highest BCUT2D eigenvalue weighted by Crippen LogP contribution is 2.45. The predicted molar refractivity (Wildman–Crippen MR) is 344 cm³/mol. The van der Waals surface area contributed by atoms with Crippen molar-refractivity contribution < 1.29 is 10.3 Å². The van der Waals surface area contributed by atoms with Gasteiger partial charge in [-0.05, 0) is 177 Å². The van der Waals surface area contributed by atoms with Gasteiger partial charge in [-0.2, -0.15) is 0 Å². The van der Waals surface area contributed by atoms with Crippen molar-refractivity contribution in [3.63, 3.8) is 0 Å². The first-order valence-electron chi connectivity index (χ1n) is 28.0. The number of H-pyrrole nitrogens is 1. The van der Waals surface area contributed by atoms with Crippen LogP contribution < -0.4 is 0 Å². The number of para-hydroxylation sites is 4. The molecular formula is C76H53BrN2O2. The summed E-state index contributed by atoms with van der Waals surface area (Å²) in [7, 11) is 0. The lowest BCUT2D eigenvalue weighted by molar-refractivity contribution is 0.668. The van der Waals surface area contributed by atoms with Gasteiger partial charge in [0.2, 0.25) is 0 Å². The van der Waals surface area contributed by atoms with Crippen LogP contribution in [0.1, 0.15) is 23.7 Å². The quantitative estimate of drug-likeness (QED) is 0.192. The van der Waals surface area contributed by atoms with Crippen LogP contribution in [0.4, 0.5) is 0 Å². The molecule has 4 heterocycles. The van der Waals surface area contributed by atoms with Crippen LogP contribution in [0.25, 0.3) is 138 Å². The number of nitrogens with one attached hydrogen (secondary N) is 1. The Hall–Kier alpha value is -9.68. The third-order valence-corrected chi connectivity index (χ3v) is 17.5. The van der Waals surface area contributed by atoms with Crippen LogP contribution in [0, 0.1) is 0 Å². The van der Waals surface area contributed by atoms with Crippen LogP contribution in [0.5, 0.6) is 0 Å². The van der Waals surface area contributed by atoms with Crippen LogP contribution in [0.2, 0.25) is 0 Å². The number of fused-ring (bicyclic) bond motifs is 20. The molecule has 0 unspecified atom stereocenters. The van der Waals surface area contributed by atoms with Crippen molar-refractivity contribution in [3.05, 3.63) is 282 Å². The Morgan fingerprint density at radius 1 is 0.333 bits per heavy atom. The van der Waals surface area contributed by atoms with Crippen molar-refractivity contribution in [2.45, 2.75) is 25.7 Å². The van der Waals surface area contributed by atoms with Crippen molar-refractivity contribution in [1.82, 2.24) is 9.55 Å². The lowest BCUT2D eigenvalue weighted by Gasteiger charge is -2.21. The molecular weight excluding hydrogens is 1050 g/mol. The highest BCUT2D eigenvalue weighted by molar-refractivity contribution is 9.10. The van der Waals surface area contributed by atoms with E-state index in [1.165, 1.54) is 127 Å². The molecule has 18 rings (SSSR count). The highest BCUT2D eigenvalue weighted by atomic mass is 79.9. The second-order valence-electron chi connectivity index (χ2n) is 21.5. The van der Waals surface area contributed by atoms with Crippen molar-refractivity contribution >= 4 is 103 Å². The number of aryl methyl sites for hydroxylation is 4. The molecule has 0 saturated carbocycles. The predicted octanol–water partition coefficient (Wildman–Crippen LogP) is 21.5.